The number of aryl methyl sites for hydroxylation is 1. The Balaban J connectivity index is 1.98. The number of alkyl halides is 3. The third kappa shape index (κ3) is 5.45. The number of hydrogen-bond acceptors (Lipinski definition) is 8. The van der Waals surface area contributed by atoms with Gasteiger partial charge >= 0.3 is 6.18 Å². The molecule has 0 atom stereocenters. The van der Waals surface area contributed by atoms with E-state index in [-0.39, 0.29) is 11.5 Å². The molecule has 3 aromatic rings. The van der Waals surface area contributed by atoms with Crippen LogP contribution in [0, 0.1) is 6.92 Å². The third-order valence-corrected chi connectivity index (χ3v) is 5.74. The molecule has 3 N–H and O–H groups in total. The second-order valence-electron chi connectivity index (χ2n) is 7.47. The van der Waals surface area contributed by atoms with E-state index in [1.165, 1.54) is 0 Å². The third-order valence-electron chi connectivity index (χ3n) is 5.14. The van der Waals surface area contributed by atoms with Crippen molar-refractivity contribution in [1.82, 2.24) is 15.3 Å². The highest BCUT2D eigenvalue weighted by molar-refractivity contribution is 7.94. The summed E-state index contributed by atoms with van der Waals surface area (Å²) in [6.07, 6.45) is -4.70. The number of nitrogens with zero attached hydrogens (tertiary/aromatic N) is 3. The van der Waals surface area contributed by atoms with Crippen LogP contribution in [0.4, 0.5) is 19.0 Å². The average molecular weight is 478 g/mol. The molecule has 1 fully saturated rings. The van der Waals surface area contributed by atoms with Crippen molar-refractivity contribution in [2.24, 2.45) is 5.90 Å². The van der Waals surface area contributed by atoms with Crippen LogP contribution in [0.5, 0.6) is 0 Å². The fraction of sp³-hybridized carbons (Fsp3) is 0.273. The summed E-state index contributed by atoms with van der Waals surface area (Å²) in [7, 11) is 0. The average Bonchev–Trinajstić information content (AvgIpc) is 2.82. The summed E-state index contributed by atoms with van der Waals surface area (Å²) in [5, 5.41) is 3.23. The van der Waals surface area contributed by atoms with Gasteiger partial charge in [-0.25, -0.2) is 9.97 Å². The molecule has 7 nitrogen and oxygen atoms in total. The minimum Gasteiger partial charge on any atom is -0.353 e. The lowest BCUT2D eigenvalue weighted by Crippen LogP contribution is -2.44. The number of hydrogen-bond donors (Lipinski definition) is 2. The lowest BCUT2D eigenvalue weighted by atomic mass is 9.97. The zero-order valence-corrected chi connectivity index (χ0v) is 18.5. The van der Waals surface area contributed by atoms with E-state index in [4.69, 9.17) is 10.2 Å². The summed E-state index contributed by atoms with van der Waals surface area (Å²) in [6.45, 7) is 4.29. The van der Waals surface area contributed by atoms with Crippen molar-refractivity contribution in [3.8, 4) is 22.4 Å². The number of piperazine rings is 1. The number of nitrogens with one attached hydrogen (secondary N) is 1. The van der Waals surface area contributed by atoms with E-state index < -0.39 is 12.0 Å². The molecule has 4 rings (SSSR count). The molecule has 0 amide bonds. The minimum absolute atomic E-state index is 0.188. The quantitative estimate of drug-likeness (QED) is 0.308. The highest BCUT2D eigenvalue weighted by atomic mass is 32.2. The Morgan fingerprint density at radius 2 is 1.76 bits per heavy atom. The molecule has 2 aromatic carbocycles. The molecule has 33 heavy (non-hydrogen) atoms. The number of nitrogens with two attached hydrogens (primary N) is 1. The monoisotopic (exact) mass is 477 g/mol. The molecule has 174 valence electrons. The van der Waals surface area contributed by atoms with Gasteiger partial charge in [0, 0.05) is 36.6 Å². The zero-order valence-electron chi connectivity index (χ0n) is 17.7. The van der Waals surface area contributed by atoms with Crippen molar-refractivity contribution in [2.45, 2.75) is 18.0 Å². The highest BCUT2D eigenvalue weighted by Gasteiger charge is 2.37. The molecule has 1 aliphatic rings. The fourth-order valence-corrected chi connectivity index (χ4v) is 4.14. The van der Waals surface area contributed by atoms with Crippen LogP contribution in [0.1, 0.15) is 11.4 Å². The van der Waals surface area contributed by atoms with Crippen molar-refractivity contribution in [3.63, 3.8) is 0 Å². The predicted molar refractivity (Wildman–Crippen MR) is 120 cm³/mol. The first-order valence-electron chi connectivity index (χ1n) is 10.2. The van der Waals surface area contributed by atoms with Gasteiger partial charge in [0.05, 0.1) is 23.3 Å². The highest BCUT2D eigenvalue weighted by Crippen LogP contribution is 2.41. The molecule has 1 aromatic heterocycles. The summed E-state index contributed by atoms with van der Waals surface area (Å²) in [4.78, 5) is 14.6. The minimum atomic E-state index is -4.70. The van der Waals surface area contributed by atoms with Gasteiger partial charge in [0.1, 0.15) is 5.82 Å². The molecule has 0 bridgehead atoms. The molecule has 2 heterocycles. The normalized spacial score (nSPS) is 14.5. The summed E-state index contributed by atoms with van der Waals surface area (Å²) in [5.41, 5.74) is 2.94. The Morgan fingerprint density at radius 3 is 2.45 bits per heavy atom. The van der Waals surface area contributed by atoms with Crippen molar-refractivity contribution in [1.29, 1.82) is 0 Å². The van der Waals surface area contributed by atoms with E-state index in [1.807, 2.05) is 36.1 Å². The molecule has 0 aliphatic carbocycles. The van der Waals surface area contributed by atoms with Crippen molar-refractivity contribution >= 4 is 17.9 Å². The maximum atomic E-state index is 13.9. The molecule has 0 unspecified atom stereocenters. The van der Waals surface area contributed by atoms with E-state index in [0.29, 0.717) is 42.2 Å². The van der Waals surface area contributed by atoms with Crippen LogP contribution in [-0.2, 0) is 15.5 Å². The number of rotatable bonds is 6. The van der Waals surface area contributed by atoms with E-state index in [9.17, 15) is 13.2 Å². The summed E-state index contributed by atoms with van der Waals surface area (Å²) in [6, 6.07) is 14.4. The van der Waals surface area contributed by atoms with Crippen molar-refractivity contribution < 1.29 is 22.5 Å². The number of benzene rings is 2. The van der Waals surface area contributed by atoms with Gasteiger partial charge in [-0.1, -0.05) is 42.0 Å². The Labute approximate surface area is 193 Å². The van der Waals surface area contributed by atoms with Crippen LogP contribution in [0.25, 0.3) is 22.4 Å². The predicted octanol–water partition coefficient (Wildman–Crippen LogP) is 4.38. The van der Waals surface area contributed by atoms with Gasteiger partial charge in [-0.15, -0.1) is 9.32 Å². The maximum Gasteiger partial charge on any atom is 0.451 e. The standard InChI is InChI=1S/C22H22F3N5O2S/c1-14-4-2-5-15(12-14)18-19(16-6-3-7-17(13-16)33-32-31-26)28-21(22(23,24)25)29-20(18)30-10-8-27-9-11-30/h2-7,12-13,27H,8-11,26H2,1H3. The Bertz CT molecular complexity index is 1120. The molecule has 0 spiro atoms. The molecule has 11 heteroatoms. The molecule has 0 saturated carbocycles. The molecule has 1 saturated heterocycles. The largest absolute Gasteiger partial charge is 0.451 e. The maximum absolute atomic E-state index is 13.9. The second-order valence-corrected chi connectivity index (χ2v) is 8.25. The van der Waals surface area contributed by atoms with E-state index >= 15 is 0 Å². The SMILES string of the molecule is Cc1cccc(-c2c(-c3cccc(SOON)c3)nc(C(F)(F)F)nc2N2CCNCC2)c1. The number of anilines is 1. The first-order chi connectivity index (χ1) is 15.9. The van der Waals surface area contributed by atoms with Crippen molar-refractivity contribution in [2.75, 3.05) is 31.1 Å². The van der Waals surface area contributed by atoms with E-state index in [2.05, 4.69) is 20.3 Å². The first kappa shape index (κ1) is 23.5. The Morgan fingerprint density at radius 1 is 1.03 bits per heavy atom. The lowest BCUT2D eigenvalue weighted by Gasteiger charge is -2.31. The van der Waals surface area contributed by atoms with Crippen molar-refractivity contribution in [3.05, 3.63) is 59.9 Å². The van der Waals surface area contributed by atoms with Gasteiger partial charge in [-0.3, -0.25) is 0 Å². The van der Waals surface area contributed by atoms with E-state index in [0.717, 1.165) is 23.2 Å². The Hall–Kier alpha value is -2.70. The van der Waals surface area contributed by atoms with Crippen LogP contribution in [0.3, 0.4) is 0 Å². The molecular formula is C22H22F3N5O2S. The lowest BCUT2D eigenvalue weighted by molar-refractivity contribution is -0.195. The topological polar surface area (TPSA) is 85.5 Å². The van der Waals surface area contributed by atoms with Crippen LogP contribution in [0.15, 0.2) is 53.4 Å². The summed E-state index contributed by atoms with van der Waals surface area (Å²) < 4.78 is 46.3. The van der Waals surface area contributed by atoms with Crippen LogP contribution in [0.2, 0.25) is 0 Å². The van der Waals surface area contributed by atoms with Crippen LogP contribution in [-0.4, -0.2) is 36.1 Å². The van der Waals surface area contributed by atoms with Gasteiger partial charge in [-0.2, -0.15) is 19.1 Å². The molecule has 0 radical (unpaired) electrons. The fourth-order valence-electron chi connectivity index (χ4n) is 3.71. The van der Waals surface area contributed by atoms with Gasteiger partial charge in [0.2, 0.25) is 5.82 Å². The molecular weight excluding hydrogens is 455 g/mol. The summed E-state index contributed by atoms with van der Waals surface area (Å²) >= 11 is 0.844. The number of halogens is 3. The van der Waals surface area contributed by atoms with Gasteiger partial charge < -0.3 is 10.2 Å². The first-order valence-corrected chi connectivity index (χ1v) is 10.9. The second kappa shape index (κ2) is 10.1. The zero-order chi connectivity index (χ0) is 23.4. The van der Waals surface area contributed by atoms with Gasteiger partial charge in [-0.05, 0) is 24.6 Å². The summed E-state index contributed by atoms with van der Waals surface area (Å²) in [5.74, 6) is 3.99. The van der Waals surface area contributed by atoms with Crippen LogP contribution < -0.4 is 16.1 Å². The smallest absolute Gasteiger partial charge is 0.353 e. The van der Waals surface area contributed by atoms with Gasteiger partial charge in [0.15, 0.2) is 0 Å². The van der Waals surface area contributed by atoms with E-state index in [1.54, 1.807) is 24.3 Å². The van der Waals surface area contributed by atoms with Gasteiger partial charge in [0.25, 0.3) is 0 Å². The Kier molecular flexibility index (Phi) is 7.15. The molecule has 1 aliphatic heterocycles. The van der Waals surface area contributed by atoms with Crippen LogP contribution >= 0.6 is 12.0 Å². The number of aromatic nitrogens is 2.